The quantitative estimate of drug-likeness (QED) is 0.270. The highest BCUT2D eigenvalue weighted by atomic mass is 35.5. The Kier molecular flexibility index (Phi) is 12.4. The Labute approximate surface area is 307 Å². The Bertz CT molecular complexity index is 1940. The number of anilines is 1. The van der Waals surface area contributed by atoms with E-state index in [4.69, 9.17) is 25.8 Å². The zero-order valence-electron chi connectivity index (χ0n) is 29.3. The fourth-order valence-electron chi connectivity index (χ4n) is 6.63. The minimum Gasteiger partial charge on any atom is -0.493 e. The summed E-state index contributed by atoms with van der Waals surface area (Å²) in [6, 6.07) is 11.7. The zero-order chi connectivity index (χ0) is 36.9. The number of carbonyl (C=O) groups is 2. The van der Waals surface area contributed by atoms with Gasteiger partial charge < -0.3 is 29.7 Å². The topological polar surface area (TPSA) is 144 Å². The zero-order valence-corrected chi connectivity index (χ0v) is 31.7. The molecule has 274 valence electrons. The van der Waals surface area contributed by atoms with Crippen LogP contribution < -0.4 is 30.3 Å². The summed E-state index contributed by atoms with van der Waals surface area (Å²) in [5, 5.41) is 6.68. The lowest BCUT2D eigenvalue weighted by molar-refractivity contribution is -0.133. The third-order valence-corrected chi connectivity index (χ3v) is 12.0. The van der Waals surface area contributed by atoms with E-state index >= 15 is 0 Å². The molecule has 1 aliphatic heterocycles. The van der Waals surface area contributed by atoms with Gasteiger partial charge in [-0.2, -0.15) is 16.1 Å². The molecule has 0 bridgehead atoms. The van der Waals surface area contributed by atoms with Crippen molar-refractivity contribution in [3.63, 3.8) is 0 Å². The van der Waals surface area contributed by atoms with Crippen molar-refractivity contribution >= 4 is 50.9 Å². The molecule has 15 heteroatoms. The van der Waals surface area contributed by atoms with Crippen LogP contribution in [0.25, 0.3) is 11.1 Å². The van der Waals surface area contributed by atoms with E-state index in [0.717, 1.165) is 11.1 Å². The first kappa shape index (κ1) is 38.3. The van der Waals surface area contributed by atoms with Crippen LogP contribution >= 0.6 is 23.4 Å². The second kappa shape index (κ2) is 16.6. The number of fused-ring (bicyclic) bond motifs is 3. The Balaban J connectivity index is 1.47. The smallest absolute Gasteiger partial charge is 0.245 e. The minimum atomic E-state index is -3.76. The lowest BCUT2D eigenvalue weighted by Crippen LogP contribution is -2.54. The number of sulfonamides is 1. The number of methoxy groups -OCH3 is 3. The molecule has 0 spiro atoms. The highest BCUT2D eigenvalue weighted by molar-refractivity contribution is 7.98. The maximum Gasteiger partial charge on any atom is 0.245 e. The fraction of sp³-hybridized carbons (Fsp3) is 0.417. The number of halogens is 1. The molecule has 1 aliphatic carbocycles. The average molecular weight is 759 g/mol. The van der Waals surface area contributed by atoms with Gasteiger partial charge in [-0.05, 0) is 90.4 Å². The van der Waals surface area contributed by atoms with Crippen molar-refractivity contribution in [3.8, 4) is 28.4 Å². The van der Waals surface area contributed by atoms with Gasteiger partial charge in [0.15, 0.2) is 11.5 Å². The summed E-state index contributed by atoms with van der Waals surface area (Å²) in [7, 11) is 0.858. The molecule has 2 aliphatic rings. The molecule has 2 unspecified atom stereocenters. The predicted molar refractivity (Wildman–Crippen MR) is 200 cm³/mol. The average Bonchev–Trinajstić information content (AvgIpc) is 3.36. The molecule has 2 amide bonds. The third kappa shape index (κ3) is 8.24. The molecular formula is C36H43ClN4O8S2. The van der Waals surface area contributed by atoms with Crippen molar-refractivity contribution in [2.45, 2.75) is 43.2 Å². The van der Waals surface area contributed by atoms with Gasteiger partial charge in [0, 0.05) is 43.7 Å². The summed E-state index contributed by atoms with van der Waals surface area (Å²) in [5.41, 5.74) is 2.77. The maximum absolute atomic E-state index is 14.0. The lowest BCUT2D eigenvalue weighted by Gasteiger charge is -2.36. The lowest BCUT2D eigenvalue weighted by atomic mass is 9.95. The van der Waals surface area contributed by atoms with Gasteiger partial charge in [-0.1, -0.05) is 17.7 Å². The summed E-state index contributed by atoms with van der Waals surface area (Å²) in [4.78, 5) is 42.1. The van der Waals surface area contributed by atoms with Gasteiger partial charge in [0.2, 0.25) is 33.0 Å². The van der Waals surface area contributed by atoms with E-state index in [-0.39, 0.29) is 54.0 Å². The highest BCUT2D eigenvalue weighted by Gasteiger charge is 2.34. The van der Waals surface area contributed by atoms with Crippen molar-refractivity contribution in [2.24, 2.45) is 0 Å². The summed E-state index contributed by atoms with van der Waals surface area (Å²) in [5.74, 6) is 1.53. The molecule has 1 saturated heterocycles. The van der Waals surface area contributed by atoms with E-state index in [1.807, 2.05) is 18.4 Å². The molecule has 0 aromatic heterocycles. The number of thioether (sulfide) groups is 1. The van der Waals surface area contributed by atoms with Gasteiger partial charge in [-0.15, -0.1) is 0 Å². The first-order chi connectivity index (χ1) is 24.4. The van der Waals surface area contributed by atoms with Gasteiger partial charge in [0.05, 0.1) is 38.0 Å². The first-order valence-electron chi connectivity index (χ1n) is 16.5. The Morgan fingerprint density at radius 1 is 0.980 bits per heavy atom. The molecule has 5 rings (SSSR count). The predicted octanol–water partition coefficient (Wildman–Crippen LogP) is 4.58. The van der Waals surface area contributed by atoms with Gasteiger partial charge in [0.1, 0.15) is 6.04 Å². The molecule has 0 saturated carbocycles. The van der Waals surface area contributed by atoms with Gasteiger partial charge in [0.25, 0.3) is 0 Å². The number of ether oxygens (including phenoxy) is 3. The van der Waals surface area contributed by atoms with E-state index in [9.17, 15) is 22.8 Å². The van der Waals surface area contributed by atoms with E-state index in [0.29, 0.717) is 58.4 Å². The van der Waals surface area contributed by atoms with Crippen molar-refractivity contribution in [1.29, 1.82) is 0 Å². The van der Waals surface area contributed by atoms with Gasteiger partial charge >= 0.3 is 0 Å². The SMILES string of the molecule is COc1cc2c(c(OC)c1OC)-c1ccc(NC(CCSC)C(=O)N3CCN(S(=O)(=O)c4ccc(Cl)cc4)CC3)c(=O)cc1C(NC(C)=O)CC2. The van der Waals surface area contributed by atoms with Crippen LogP contribution in [0.3, 0.4) is 0 Å². The number of benzene rings is 2. The number of hydrogen-bond donors (Lipinski definition) is 2. The number of nitrogens with zero attached hydrogens (tertiary/aromatic N) is 2. The molecule has 1 fully saturated rings. The molecular weight excluding hydrogens is 716 g/mol. The Morgan fingerprint density at radius 3 is 2.27 bits per heavy atom. The fourth-order valence-corrected chi connectivity index (χ4v) is 8.65. The number of piperazine rings is 1. The largest absolute Gasteiger partial charge is 0.493 e. The molecule has 3 aromatic carbocycles. The van der Waals surface area contributed by atoms with Gasteiger partial charge in [-0.25, -0.2) is 8.42 Å². The molecule has 0 radical (unpaired) electrons. The number of aryl methyl sites for hydroxylation is 1. The van der Waals surface area contributed by atoms with Crippen molar-refractivity contribution in [3.05, 3.63) is 74.9 Å². The number of hydrogen-bond acceptors (Lipinski definition) is 10. The molecule has 51 heavy (non-hydrogen) atoms. The standard InChI is InChI=1S/C36H43ClN4O8S2/c1-22(42)38-28-12-6-23-20-32(47-2)34(48-3)35(49-4)33(23)26-11-13-29(31(43)21-27(26)28)39-30(14-19-50-5)36(44)40-15-17-41(18-16-40)51(45,46)25-9-7-24(37)8-10-25/h7-11,13,20-21,28,30H,6,12,14-19H2,1-5H3,(H,38,42)(H,39,43). The monoisotopic (exact) mass is 758 g/mol. The number of rotatable bonds is 12. The normalized spacial score (nSPS) is 16.6. The summed E-state index contributed by atoms with van der Waals surface area (Å²) >= 11 is 7.53. The first-order valence-corrected chi connectivity index (χ1v) is 19.7. The second-order valence-electron chi connectivity index (χ2n) is 12.3. The van der Waals surface area contributed by atoms with E-state index in [2.05, 4.69) is 10.6 Å². The minimum absolute atomic E-state index is 0.131. The van der Waals surface area contributed by atoms with Crippen LogP contribution in [0.15, 0.2) is 58.2 Å². The molecule has 12 nitrogen and oxygen atoms in total. The Hall–Kier alpha value is -3.98. The van der Waals surface area contributed by atoms with Crippen LogP contribution in [0.1, 0.15) is 36.9 Å². The Morgan fingerprint density at radius 2 is 1.67 bits per heavy atom. The van der Waals surface area contributed by atoms with Crippen LogP contribution in [0, 0.1) is 0 Å². The van der Waals surface area contributed by atoms with E-state index in [1.54, 1.807) is 29.8 Å². The highest BCUT2D eigenvalue weighted by Crippen LogP contribution is 2.50. The van der Waals surface area contributed by atoms with E-state index < -0.39 is 22.1 Å². The summed E-state index contributed by atoms with van der Waals surface area (Å²) in [6.45, 7) is 2.10. The number of amides is 2. The third-order valence-electron chi connectivity index (χ3n) is 9.16. The summed E-state index contributed by atoms with van der Waals surface area (Å²) in [6.07, 6.45) is 3.45. The van der Waals surface area contributed by atoms with Crippen molar-refractivity contribution in [1.82, 2.24) is 14.5 Å². The van der Waals surface area contributed by atoms with Crippen LogP contribution in [0.2, 0.25) is 5.02 Å². The molecule has 1 heterocycles. The maximum atomic E-state index is 14.0. The second-order valence-corrected chi connectivity index (χ2v) is 15.6. The number of nitrogens with one attached hydrogen (secondary N) is 2. The van der Waals surface area contributed by atoms with Crippen molar-refractivity contribution in [2.75, 3.05) is 64.8 Å². The summed E-state index contributed by atoms with van der Waals surface area (Å²) < 4.78 is 45.0. The number of carbonyl (C=O) groups excluding carboxylic acids is 2. The van der Waals surface area contributed by atoms with Crippen LogP contribution in [-0.2, 0) is 26.0 Å². The van der Waals surface area contributed by atoms with Crippen LogP contribution in [0.4, 0.5) is 5.69 Å². The van der Waals surface area contributed by atoms with E-state index in [1.165, 1.54) is 55.8 Å². The molecule has 2 atom stereocenters. The molecule has 2 N–H and O–H groups in total. The van der Waals surface area contributed by atoms with Gasteiger partial charge in [-0.3, -0.25) is 14.4 Å². The van der Waals surface area contributed by atoms with Crippen LogP contribution in [0.5, 0.6) is 17.2 Å². The van der Waals surface area contributed by atoms with Crippen molar-refractivity contribution < 1.29 is 32.2 Å². The van der Waals surface area contributed by atoms with Crippen LogP contribution in [-0.4, -0.2) is 95.0 Å². The molecule has 3 aromatic rings.